The third kappa shape index (κ3) is 11.7. The van der Waals surface area contributed by atoms with Gasteiger partial charge in [0, 0.05) is 12.2 Å². The molecule has 5 N–H and O–H groups in total. The molecule has 3 heteroatoms. The van der Waals surface area contributed by atoms with Crippen LogP contribution < -0.4 is 16.8 Å². The van der Waals surface area contributed by atoms with Gasteiger partial charge in [-0.2, -0.15) is 0 Å². The van der Waals surface area contributed by atoms with Crippen molar-refractivity contribution >= 4 is 17.1 Å². The Morgan fingerprint density at radius 3 is 1.64 bits per heavy atom. The summed E-state index contributed by atoms with van der Waals surface area (Å²) in [4.78, 5) is 0. The minimum Gasteiger partial charge on any atom is -0.399 e. The molecule has 0 heterocycles. The lowest BCUT2D eigenvalue weighted by molar-refractivity contribution is 0.537. The molecule has 0 bridgehead atoms. The first-order valence-electron chi connectivity index (χ1n) is 10.6. The second-order valence-electron chi connectivity index (χ2n) is 7.37. The first-order chi connectivity index (χ1) is 12.2. The van der Waals surface area contributed by atoms with Gasteiger partial charge in [0.1, 0.15) is 0 Å². The van der Waals surface area contributed by atoms with Gasteiger partial charge >= 0.3 is 0 Å². The summed E-state index contributed by atoms with van der Waals surface area (Å²) in [7, 11) is 0. The fraction of sp³-hybridized carbons (Fsp3) is 0.727. The van der Waals surface area contributed by atoms with E-state index in [4.69, 9.17) is 11.5 Å². The summed E-state index contributed by atoms with van der Waals surface area (Å²) in [5.74, 6) is 0. The van der Waals surface area contributed by atoms with E-state index in [-0.39, 0.29) is 0 Å². The second-order valence-corrected chi connectivity index (χ2v) is 7.37. The summed E-state index contributed by atoms with van der Waals surface area (Å²) >= 11 is 0. The van der Waals surface area contributed by atoms with E-state index in [1.807, 2.05) is 18.2 Å². The number of unbranched alkanes of at least 4 members (excludes halogenated alkanes) is 13. The molecule has 144 valence electrons. The van der Waals surface area contributed by atoms with Crippen molar-refractivity contribution in [2.24, 2.45) is 0 Å². The molecule has 0 unspecified atom stereocenters. The van der Waals surface area contributed by atoms with E-state index in [1.165, 1.54) is 89.9 Å². The average molecular weight is 348 g/mol. The van der Waals surface area contributed by atoms with Gasteiger partial charge in [-0.1, -0.05) is 90.4 Å². The van der Waals surface area contributed by atoms with E-state index >= 15 is 0 Å². The lowest BCUT2D eigenvalue weighted by atomic mass is 10.0. The number of benzene rings is 1. The Labute approximate surface area is 156 Å². The highest BCUT2D eigenvalue weighted by molar-refractivity contribution is 5.70. The molecule has 25 heavy (non-hydrogen) atoms. The van der Waals surface area contributed by atoms with E-state index < -0.39 is 0 Å². The van der Waals surface area contributed by atoms with Crippen LogP contribution in [0.1, 0.15) is 96.8 Å². The van der Waals surface area contributed by atoms with E-state index in [0.29, 0.717) is 0 Å². The summed E-state index contributed by atoms with van der Waals surface area (Å²) in [6.07, 6.45) is 19.5. The molecule has 0 aliphatic carbocycles. The van der Waals surface area contributed by atoms with Crippen molar-refractivity contribution in [2.75, 3.05) is 23.3 Å². The molecule has 1 aromatic carbocycles. The largest absolute Gasteiger partial charge is 0.399 e. The Morgan fingerprint density at radius 2 is 1.16 bits per heavy atom. The molecule has 0 spiro atoms. The Bertz CT molecular complexity index is 431. The third-order valence-corrected chi connectivity index (χ3v) is 4.92. The van der Waals surface area contributed by atoms with Crippen LogP contribution in [0.25, 0.3) is 0 Å². The summed E-state index contributed by atoms with van der Waals surface area (Å²) in [5, 5.41) is 3.40. The van der Waals surface area contributed by atoms with Crippen LogP contribution in [-0.2, 0) is 0 Å². The first kappa shape index (κ1) is 21.7. The maximum atomic E-state index is 5.94. The lowest BCUT2D eigenvalue weighted by Crippen LogP contribution is -2.04. The number of nitrogen functional groups attached to an aromatic ring is 2. The molecule has 0 saturated heterocycles. The third-order valence-electron chi connectivity index (χ3n) is 4.92. The van der Waals surface area contributed by atoms with Gasteiger partial charge in [0.2, 0.25) is 0 Å². The summed E-state index contributed by atoms with van der Waals surface area (Å²) in [6, 6.07) is 5.67. The molecule has 0 fully saturated rings. The van der Waals surface area contributed by atoms with Crippen LogP contribution in [0.4, 0.5) is 17.1 Å². The lowest BCUT2D eigenvalue weighted by Gasteiger charge is -2.09. The van der Waals surface area contributed by atoms with Crippen molar-refractivity contribution in [3.63, 3.8) is 0 Å². The number of rotatable bonds is 16. The molecule has 0 aliphatic heterocycles. The molecule has 1 rings (SSSR count). The predicted molar refractivity (Wildman–Crippen MR) is 114 cm³/mol. The number of nitrogens with two attached hydrogens (primary N) is 2. The van der Waals surface area contributed by atoms with Crippen molar-refractivity contribution in [3.05, 3.63) is 18.2 Å². The average Bonchev–Trinajstić information content (AvgIpc) is 2.60. The molecule has 0 atom stereocenters. The van der Waals surface area contributed by atoms with Gasteiger partial charge in [-0.25, -0.2) is 0 Å². The SMILES string of the molecule is CCCCCCCCCCCCCCCCNc1ccc(N)cc1N. The monoisotopic (exact) mass is 347 g/mol. The maximum Gasteiger partial charge on any atom is 0.0575 e. The molecule has 0 saturated carbocycles. The van der Waals surface area contributed by atoms with Gasteiger partial charge < -0.3 is 16.8 Å². The Balaban J connectivity index is 1.81. The zero-order valence-electron chi connectivity index (χ0n) is 16.5. The Morgan fingerprint density at radius 1 is 0.680 bits per heavy atom. The minimum absolute atomic E-state index is 0.722. The highest BCUT2D eigenvalue weighted by atomic mass is 14.9. The number of anilines is 3. The van der Waals surface area contributed by atoms with Gasteiger partial charge in [0.15, 0.2) is 0 Å². The topological polar surface area (TPSA) is 64.1 Å². The van der Waals surface area contributed by atoms with Gasteiger partial charge in [-0.05, 0) is 24.6 Å². The predicted octanol–water partition coefficient (Wildman–Crippen LogP) is 6.74. The van der Waals surface area contributed by atoms with Gasteiger partial charge in [0.25, 0.3) is 0 Å². The van der Waals surface area contributed by atoms with Crippen molar-refractivity contribution in [3.8, 4) is 0 Å². The van der Waals surface area contributed by atoms with Crippen LogP contribution in [0.15, 0.2) is 18.2 Å². The maximum absolute atomic E-state index is 5.94. The summed E-state index contributed by atoms with van der Waals surface area (Å²) < 4.78 is 0. The quantitative estimate of drug-likeness (QED) is 0.229. The van der Waals surface area contributed by atoms with Crippen molar-refractivity contribution < 1.29 is 0 Å². The van der Waals surface area contributed by atoms with E-state index in [2.05, 4.69) is 12.2 Å². The number of nitrogens with one attached hydrogen (secondary N) is 1. The molecule has 0 aliphatic rings. The van der Waals surface area contributed by atoms with Crippen molar-refractivity contribution in [1.82, 2.24) is 0 Å². The van der Waals surface area contributed by atoms with E-state index in [9.17, 15) is 0 Å². The highest BCUT2D eigenvalue weighted by Gasteiger charge is 1.98. The van der Waals surface area contributed by atoms with Crippen LogP contribution in [0.2, 0.25) is 0 Å². The Kier molecular flexibility index (Phi) is 12.9. The zero-order valence-corrected chi connectivity index (χ0v) is 16.5. The van der Waals surface area contributed by atoms with Crippen molar-refractivity contribution in [1.29, 1.82) is 0 Å². The van der Waals surface area contributed by atoms with Crippen LogP contribution in [0.5, 0.6) is 0 Å². The second kappa shape index (κ2) is 14.9. The standard InChI is InChI=1S/C22H41N3/c1-2-3-4-5-6-7-8-9-10-11-12-13-14-15-18-25-22-17-16-20(23)19-21(22)24/h16-17,19,25H,2-15,18,23-24H2,1H3. The Hall–Kier alpha value is -1.38. The molecule has 0 amide bonds. The fourth-order valence-corrected chi connectivity index (χ4v) is 3.28. The molecular formula is C22H41N3. The minimum atomic E-state index is 0.722. The van der Waals surface area contributed by atoms with Crippen LogP contribution in [0.3, 0.4) is 0 Å². The first-order valence-corrected chi connectivity index (χ1v) is 10.6. The van der Waals surface area contributed by atoms with Crippen molar-refractivity contribution in [2.45, 2.75) is 96.8 Å². The summed E-state index contributed by atoms with van der Waals surface area (Å²) in [6.45, 7) is 3.28. The number of hydrogen-bond acceptors (Lipinski definition) is 3. The highest BCUT2D eigenvalue weighted by Crippen LogP contribution is 2.21. The van der Waals surface area contributed by atoms with E-state index in [1.54, 1.807) is 0 Å². The molecule has 3 nitrogen and oxygen atoms in total. The number of hydrogen-bond donors (Lipinski definition) is 3. The molecular weight excluding hydrogens is 306 g/mol. The summed E-state index contributed by atoms with van der Waals surface area (Å²) in [5.41, 5.74) is 14.1. The van der Waals surface area contributed by atoms with E-state index in [0.717, 1.165) is 23.6 Å². The zero-order chi connectivity index (χ0) is 18.2. The molecule has 1 aromatic rings. The van der Waals surface area contributed by atoms with Crippen LogP contribution >= 0.6 is 0 Å². The van der Waals surface area contributed by atoms with Crippen LogP contribution in [0, 0.1) is 0 Å². The van der Waals surface area contributed by atoms with Crippen LogP contribution in [-0.4, -0.2) is 6.54 Å². The molecule has 0 aromatic heterocycles. The fourth-order valence-electron chi connectivity index (χ4n) is 3.28. The van der Waals surface area contributed by atoms with Gasteiger partial charge in [-0.15, -0.1) is 0 Å². The van der Waals surface area contributed by atoms with Gasteiger partial charge in [0.05, 0.1) is 11.4 Å². The van der Waals surface area contributed by atoms with Gasteiger partial charge in [-0.3, -0.25) is 0 Å². The smallest absolute Gasteiger partial charge is 0.0575 e. The molecule has 0 radical (unpaired) electrons. The normalized spacial score (nSPS) is 10.9.